The van der Waals surface area contributed by atoms with Crippen LogP contribution < -0.4 is 4.74 Å². The minimum Gasteiger partial charge on any atom is -0.487 e. The van der Waals surface area contributed by atoms with Crippen LogP contribution in [0.5, 0.6) is 5.75 Å². The first-order valence-electron chi connectivity index (χ1n) is 5.04. The van der Waals surface area contributed by atoms with Gasteiger partial charge in [0.1, 0.15) is 6.10 Å². The number of aromatic nitrogens is 2. The number of nitrogens with zero attached hydrogens (tertiary/aromatic N) is 2. The van der Waals surface area contributed by atoms with E-state index in [0.717, 1.165) is 18.6 Å². The van der Waals surface area contributed by atoms with Crippen molar-refractivity contribution < 1.29 is 9.84 Å². The number of hydrogen-bond acceptors (Lipinski definition) is 3. The molecule has 0 spiro atoms. The monoisotopic (exact) mass is 196 g/mol. The minimum absolute atomic E-state index is 0.167. The highest BCUT2D eigenvalue weighted by Crippen LogP contribution is 2.25. The molecule has 1 aromatic heterocycles. The summed E-state index contributed by atoms with van der Waals surface area (Å²) in [6, 6.07) is 0.360. The normalized spacial score (nSPS) is 26.3. The molecule has 0 aliphatic heterocycles. The summed E-state index contributed by atoms with van der Waals surface area (Å²) in [5.41, 5.74) is 0. The second-order valence-electron chi connectivity index (χ2n) is 4.11. The summed E-state index contributed by atoms with van der Waals surface area (Å²) in [4.78, 5) is 0. The summed E-state index contributed by atoms with van der Waals surface area (Å²) in [5.74, 6) is 0.801. The summed E-state index contributed by atoms with van der Waals surface area (Å²) in [7, 11) is 0. The third-order valence-electron chi connectivity index (χ3n) is 2.48. The van der Waals surface area contributed by atoms with Crippen LogP contribution in [0.3, 0.4) is 0 Å². The molecule has 2 rings (SSSR count). The molecule has 14 heavy (non-hydrogen) atoms. The van der Waals surface area contributed by atoms with Crippen molar-refractivity contribution in [3.8, 4) is 5.75 Å². The topological polar surface area (TPSA) is 47.3 Å². The molecule has 0 amide bonds. The molecule has 0 saturated heterocycles. The molecule has 1 aliphatic rings. The lowest BCUT2D eigenvalue weighted by Gasteiger charge is -2.30. The van der Waals surface area contributed by atoms with E-state index in [2.05, 4.69) is 18.9 Å². The Morgan fingerprint density at radius 1 is 1.57 bits per heavy atom. The van der Waals surface area contributed by atoms with Crippen LogP contribution in [0.4, 0.5) is 0 Å². The van der Waals surface area contributed by atoms with Crippen LogP contribution in [-0.2, 0) is 0 Å². The molecule has 4 nitrogen and oxygen atoms in total. The highest BCUT2D eigenvalue weighted by Gasteiger charge is 2.29. The highest BCUT2D eigenvalue weighted by molar-refractivity contribution is 5.13. The zero-order valence-electron chi connectivity index (χ0n) is 8.55. The van der Waals surface area contributed by atoms with Crippen molar-refractivity contribution in [2.24, 2.45) is 0 Å². The van der Waals surface area contributed by atoms with Crippen LogP contribution in [0.25, 0.3) is 0 Å². The van der Waals surface area contributed by atoms with Crippen LogP contribution in [0, 0.1) is 0 Å². The third kappa shape index (κ3) is 1.90. The molecule has 1 aromatic rings. The number of aliphatic hydroxyl groups excluding tert-OH is 1. The lowest BCUT2D eigenvalue weighted by Crippen LogP contribution is -2.37. The molecule has 1 fully saturated rings. The minimum atomic E-state index is -0.167. The van der Waals surface area contributed by atoms with Gasteiger partial charge in [-0.15, -0.1) is 0 Å². The maximum atomic E-state index is 9.09. The van der Waals surface area contributed by atoms with E-state index in [1.807, 2.05) is 10.9 Å². The smallest absolute Gasteiger partial charge is 0.157 e. The van der Waals surface area contributed by atoms with E-state index in [1.54, 1.807) is 6.20 Å². The van der Waals surface area contributed by atoms with Crippen molar-refractivity contribution in [3.05, 3.63) is 12.4 Å². The van der Waals surface area contributed by atoms with E-state index < -0.39 is 0 Å². The van der Waals surface area contributed by atoms with Gasteiger partial charge in [0.05, 0.1) is 18.5 Å². The van der Waals surface area contributed by atoms with Crippen LogP contribution in [0.2, 0.25) is 0 Å². The van der Waals surface area contributed by atoms with E-state index in [9.17, 15) is 0 Å². The Balaban J connectivity index is 1.90. The fourth-order valence-electron chi connectivity index (χ4n) is 1.49. The maximum Gasteiger partial charge on any atom is 0.157 e. The number of hydrogen-bond donors (Lipinski definition) is 1. The Hall–Kier alpha value is -1.03. The van der Waals surface area contributed by atoms with Gasteiger partial charge in [0.15, 0.2) is 5.75 Å². The quantitative estimate of drug-likeness (QED) is 0.794. The molecular weight excluding hydrogens is 180 g/mol. The molecular formula is C10H16N2O2. The van der Waals surface area contributed by atoms with Crippen molar-refractivity contribution in [1.82, 2.24) is 9.78 Å². The second kappa shape index (κ2) is 3.61. The van der Waals surface area contributed by atoms with Gasteiger partial charge in [-0.1, -0.05) is 0 Å². The Morgan fingerprint density at radius 3 is 2.79 bits per heavy atom. The maximum absolute atomic E-state index is 9.09. The van der Waals surface area contributed by atoms with Crippen LogP contribution in [0.1, 0.15) is 32.7 Å². The first-order valence-corrected chi connectivity index (χ1v) is 5.04. The van der Waals surface area contributed by atoms with Crippen molar-refractivity contribution in [2.45, 2.75) is 44.9 Å². The number of ether oxygens (including phenoxy) is 1. The van der Waals surface area contributed by atoms with Gasteiger partial charge in [0.25, 0.3) is 0 Å². The molecule has 78 valence electrons. The van der Waals surface area contributed by atoms with Gasteiger partial charge in [-0.2, -0.15) is 5.10 Å². The highest BCUT2D eigenvalue weighted by atomic mass is 16.5. The summed E-state index contributed by atoms with van der Waals surface area (Å²) in [6.07, 6.45) is 5.12. The van der Waals surface area contributed by atoms with Gasteiger partial charge < -0.3 is 9.84 Å². The Bertz CT molecular complexity index is 303. The largest absolute Gasteiger partial charge is 0.487 e. The van der Waals surface area contributed by atoms with Gasteiger partial charge >= 0.3 is 0 Å². The van der Waals surface area contributed by atoms with Crippen molar-refractivity contribution >= 4 is 0 Å². The molecule has 0 unspecified atom stereocenters. The van der Waals surface area contributed by atoms with Gasteiger partial charge in [-0.05, 0) is 13.8 Å². The fourth-order valence-corrected chi connectivity index (χ4v) is 1.49. The molecule has 0 bridgehead atoms. The molecule has 1 saturated carbocycles. The van der Waals surface area contributed by atoms with Crippen LogP contribution in [-0.4, -0.2) is 27.1 Å². The molecule has 0 atom stereocenters. The SMILES string of the molecule is CC(C)n1cc(OC2CC(O)C2)cn1. The summed E-state index contributed by atoms with van der Waals surface area (Å²) in [5, 5.41) is 13.3. The Morgan fingerprint density at radius 2 is 2.29 bits per heavy atom. The van der Waals surface area contributed by atoms with E-state index in [0.29, 0.717) is 6.04 Å². The van der Waals surface area contributed by atoms with Crippen LogP contribution in [0.15, 0.2) is 12.4 Å². The standard InChI is InChI=1S/C10H16N2O2/c1-7(2)12-6-10(5-11-12)14-9-3-8(13)4-9/h5-9,13H,3-4H2,1-2H3. The molecule has 4 heteroatoms. The summed E-state index contributed by atoms with van der Waals surface area (Å²) >= 11 is 0. The zero-order valence-corrected chi connectivity index (χ0v) is 8.55. The average Bonchev–Trinajstić information content (AvgIpc) is 2.50. The van der Waals surface area contributed by atoms with E-state index in [4.69, 9.17) is 9.84 Å². The van der Waals surface area contributed by atoms with Crippen molar-refractivity contribution in [1.29, 1.82) is 0 Å². The molecule has 1 N–H and O–H groups in total. The van der Waals surface area contributed by atoms with Gasteiger partial charge in [-0.3, -0.25) is 4.68 Å². The number of rotatable bonds is 3. The zero-order chi connectivity index (χ0) is 10.1. The lowest BCUT2D eigenvalue weighted by molar-refractivity contribution is -0.0108. The number of aliphatic hydroxyl groups is 1. The van der Waals surface area contributed by atoms with E-state index >= 15 is 0 Å². The molecule has 0 radical (unpaired) electrons. The fraction of sp³-hybridized carbons (Fsp3) is 0.700. The Kier molecular flexibility index (Phi) is 2.46. The van der Waals surface area contributed by atoms with Gasteiger partial charge in [0, 0.05) is 18.9 Å². The molecule has 0 aromatic carbocycles. The van der Waals surface area contributed by atoms with Crippen molar-refractivity contribution in [2.75, 3.05) is 0 Å². The summed E-state index contributed by atoms with van der Waals surface area (Å²) < 4.78 is 7.47. The van der Waals surface area contributed by atoms with E-state index in [-0.39, 0.29) is 12.2 Å². The first kappa shape index (κ1) is 9.52. The van der Waals surface area contributed by atoms with Gasteiger partial charge in [0.2, 0.25) is 0 Å². The summed E-state index contributed by atoms with van der Waals surface area (Å²) in [6.45, 7) is 4.15. The predicted octanol–water partition coefficient (Wildman–Crippen LogP) is 1.37. The lowest BCUT2D eigenvalue weighted by atomic mass is 9.92. The van der Waals surface area contributed by atoms with Gasteiger partial charge in [-0.25, -0.2) is 0 Å². The van der Waals surface area contributed by atoms with Crippen LogP contribution >= 0.6 is 0 Å². The first-order chi connectivity index (χ1) is 6.65. The Labute approximate surface area is 83.5 Å². The van der Waals surface area contributed by atoms with E-state index in [1.165, 1.54) is 0 Å². The average molecular weight is 196 g/mol. The molecule has 1 heterocycles. The van der Waals surface area contributed by atoms with Crippen molar-refractivity contribution in [3.63, 3.8) is 0 Å². The second-order valence-corrected chi connectivity index (χ2v) is 4.11. The third-order valence-corrected chi connectivity index (χ3v) is 2.48. The predicted molar refractivity (Wildman–Crippen MR) is 52.3 cm³/mol. The molecule has 1 aliphatic carbocycles.